The van der Waals surface area contributed by atoms with E-state index in [0.717, 1.165) is 134 Å². The van der Waals surface area contributed by atoms with Gasteiger partial charge in [-0.2, -0.15) is 25.5 Å². The Hall–Kier alpha value is -13.2. The van der Waals surface area contributed by atoms with E-state index in [-0.39, 0.29) is 6.04 Å². The molecule has 4 unspecified atom stereocenters. The highest BCUT2D eigenvalue weighted by Crippen LogP contribution is 2.42. The Morgan fingerprint density at radius 2 is 0.620 bits per heavy atom. The number of pyridine rings is 5. The summed E-state index contributed by atoms with van der Waals surface area (Å²) in [5.41, 5.74) is 46.7. The van der Waals surface area contributed by atoms with Crippen molar-refractivity contribution in [1.29, 1.82) is 0 Å². The van der Waals surface area contributed by atoms with Gasteiger partial charge in [0, 0.05) is 55.1 Å². The number of benzene rings is 6. The molecule has 0 saturated carbocycles. The number of nitrogens with one attached hydrogen (secondary N) is 2. The molecule has 121 heavy (non-hydrogen) atoms. The largest absolute Gasteiger partial charge is 0.383 e. The van der Waals surface area contributed by atoms with Gasteiger partial charge in [-0.1, -0.05) is 256 Å². The first kappa shape index (κ1) is 95.0. The second kappa shape index (κ2) is 49.9. The third-order valence-electron chi connectivity index (χ3n) is 20.1. The van der Waals surface area contributed by atoms with Crippen LogP contribution in [0.4, 0.5) is 23.3 Å². The summed E-state index contributed by atoms with van der Waals surface area (Å²) in [5, 5.41) is 29.3. The van der Waals surface area contributed by atoms with Gasteiger partial charge in [0.25, 0.3) is 0 Å². The predicted molar refractivity (Wildman–Crippen MR) is 509 cm³/mol. The van der Waals surface area contributed by atoms with E-state index in [4.69, 9.17) is 43.3 Å². The maximum Gasteiger partial charge on any atom is 0.135 e. The van der Waals surface area contributed by atoms with Gasteiger partial charge >= 0.3 is 0 Å². The van der Waals surface area contributed by atoms with Crippen molar-refractivity contribution in [2.45, 2.75) is 207 Å². The lowest BCUT2D eigenvalue weighted by atomic mass is 10.1. The summed E-state index contributed by atoms with van der Waals surface area (Å²) in [4.78, 5) is 27.7. The minimum absolute atomic E-state index is 0.248. The summed E-state index contributed by atoms with van der Waals surface area (Å²) in [7, 11) is 0. The van der Waals surface area contributed by atoms with Crippen molar-refractivity contribution in [3.63, 3.8) is 0 Å². The SMILES string of the molecule is CC.CC.CC.CC.CC.CC.CC.CC.Cc1nn(C2CCc3ccccc32)c2ccnc(N)c12.Cc1nn(C2CCc3ccccc32)c2ccnc(N)c12.Cc1nn(C2CCc3ccccc32)c2ccnc(N)c12.Nc1nccc2c1c(-c1ccccc1)nn2C1CCc2ccccc21.c1ccc2[nH]cnc2c1.c1ccncc1.c1cn[nH]c1. The molecule has 0 fully saturated rings. The molecule has 0 saturated heterocycles. The van der Waals surface area contributed by atoms with E-state index >= 15 is 0 Å². The monoisotopic (exact) mass is 1620 g/mol. The van der Waals surface area contributed by atoms with Crippen LogP contribution < -0.4 is 22.9 Å². The van der Waals surface area contributed by atoms with Crippen LogP contribution in [-0.4, -0.2) is 84.2 Å². The predicted octanol–water partition coefficient (Wildman–Crippen LogP) is 24.1. The molecule has 11 heterocycles. The van der Waals surface area contributed by atoms with Gasteiger partial charge in [0.1, 0.15) is 29.0 Å². The Morgan fingerprint density at radius 3 is 0.934 bits per heavy atom. The number of fused-ring (bicyclic) bond motifs is 9. The fourth-order valence-electron chi connectivity index (χ4n) is 15.3. The molecule has 6 aromatic carbocycles. The number of anilines is 4. The third-order valence-corrected chi connectivity index (χ3v) is 20.1. The lowest BCUT2D eigenvalue weighted by Gasteiger charge is -2.13. The van der Waals surface area contributed by atoms with Crippen molar-refractivity contribution < 1.29 is 0 Å². The lowest BCUT2D eigenvalue weighted by molar-refractivity contribution is 0.533. The molecule has 4 aliphatic rings. The Labute approximate surface area is 717 Å². The van der Waals surface area contributed by atoms with Crippen molar-refractivity contribution in [2.24, 2.45) is 0 Å². The van der Waals surface area contributed by atoms with Crippen LogP contribution in [0.3, 0.4) is 0 Å². The number of H-pyrrole nitrogens is 2. The van der Waals surface area contributed by atoms with E-state index < -0.39 is 0 Å². The molecule has 17 aromatic rings. The summed E-state index contributed by atoms with van der Waals surface area (Å²) in [5.74, 6) is 2.24. The van der Waals surface area contributed by atoms with E-state index in [1.807, 2.05) is 223 Å². The van der Waals surface area contributed by atoms with Crippen LogP contribution in [0, 0.1) is 20.8 Å². The average molecular weight is 1630 g/mol. The van der Waals surface area contributed by atoms with Crippen LogP contribution in [0.15, 0.2) is 256 Å². The fourth-order valence-corrected chi connectivity index (χ4v) is 15.3. The number of aromatic nitrogens is 17. The van der Waals surface area contributed by atoms with Crippen molar-refractivity contribution in [3.05, 3.63) is 318 Å². The molecule has 634 valence electrons. The van der Waals surface area contributed by atoms with Crippen LogP contribution in [0.2, 0.25) is 0 Å². The van der Waals surface area contributed by atoms with E-state index in [2.05, 4.69) is 173 Å². The zero-order chi connectivity index (χ0) is 87.8. The first-order valence-corrected chi connectivity index (χ1v) is 43.5. The maximum absolute atomic E-state index is 6.24. The van der Waals surface area contributed by atoms with E-state index in [1.165, 1.54) is 44.5 Å². The van der Waals surface area contributed by atoms with Gasteiger partial charge in [-0.05, 0) is 171 Å². The van der Waals surface area contributed by atoms with Crippen LogP contribution >= 0.6 is 0 Å². The molecule has 10 N–H and O–H groups in total. The van der Waals surface area contributed by atoms with Crippen molar-refractivity contribution in [2.75, 3.05) is 22.9 Å². The molecule has 21 heteroatoms. The number of nitrogens with zero attached hydrogens (tertiary/aromatic N) is 15. The molecule has 21 nitrogen and oxygen atoms in total. The summed E-state index contributed by atoms with van der Waals surface area (Å²) < 4.78 is 8.50. The molecule has 21 rings (SSSR count). The Balaban J connectivity index is 0.000000196. The van der Waals surface area contributed by atoms with Gasteiger partial charge in [0.2, 0.25) is 0 Å². The number of imidazole rings is 1. The second-order valence-electron chi connectivity index (χ2n) is 26.3. The zero-order valence-corrected chi connectivity index (χ0v) is 74.7. The molecule has 0 bridgehead atoms. The number of para-hydroxylation sites is 2. The second-order valence-corrected chi connectivity index (χ2v) is 26.3. The average Bonchev–Trinajstić information content (AvgIpc) is 1.69. The molecular formula is C100H129N21. The number of aromatic amines is 2. The minimum Gasteiger partial charge on any atom is -0.383 e. The van der Waals surface area contributed by atoms with Gasteiger partial charge in [-0.3, -0.25) is 28.8 Å². The third kappa shape index (κ3) is 22.8. The molecule has 0 amide bonds. The summed E-state index contributed by atoms with van der Waals surface area (Å²) in [6.45, 7) is 38.0. The Morgan fingerprint density at radius 1 is 0.306 bits per heavy atom. The normalized spacial score (nSPS) is 13.9. The topological polar surface area (TPSA) is 297 Å². The standard InChI is InChI=1S/C21H18N4.3C16H16N4.C7H6N2.C5H5N.C3H4N2.8C2H6/c22-21-19-18(12-13-23-21)25(24-20(19)15-7-2-1-3-8-15)17-11-10-14-6-4-5-9-16(14)17;3*1-10-15-14(8-9-18-16(15)17)20(19-10)13-7-6-11-4-2-3-5-12(11)13;1-2-4-7-6(3-1)8-5-9-7;1-2-4-6-5-3-1;1-2-4-5-3-1;8*1-2/h1-9,12-13,17H,10-11H2,(H2,22,23);3*2-5,8-9,13H,6-7H2,1H3,(H2,17,18);1-5H,(H,8,9);1-5H;1-3H,(H,4,5);8*1-2H3. The van der Waals surface area contributed by atoms with Crippen LogP contribution in [0.5, 0.6) is 0 Å². The summed E-state index contributed by atoms with van der Waals surface area (Å²) in [6, 6.07) is 69.5. The smallest absolute Gasteiger partial charge is 0.135 e. The van der Waals surface area contributed by atoms with Gasteiger partial charge < -0.3 is 27.9 Å². The molecule has 11 aromatic heterocycles. The number of nitrogens with two attached hydrogens (primary N) is 4. The molecule has 0 aliphatic heterocycles. The highest BCUT2D eigenvalue weighted by atomic mass is 15.3. The Kier molecular flexibility index (Phi) is 39.2. The quantitative estimate of drug-likeness (QED) is 0.0933. The molecule has 4 aliphatic carbocycles. The first-order valence-electron chi connectivity index (χ1n) is 43.5. The highest BCUT2D eigenvalue weighted by Gasteiger charge is 2.31. The van der Waals surface area contributed by atoms with Crippen LogP contribution in [0.1, 0.15) is 222 Å². The number of nitrogen functional groups attached to an aromatic ring is 4. The van der Waals surface area contributed by atoms with Gasteiger partial charge in [-0.15, -0.1) is 0 Å². The van der Waals surface area contributed by atoms with Gasteiger partial charge in [0.15, 0.2) is 0 Å². The maximum atomic E-state index is 6.24. The van der Waals surface area contributed by atoms with Crippen molar-refractivity contribution in [1.82, 2.24) is 84.2 Å². The molecule has 0 radical (unpaired) electrons. The number of aryl methyl sites for hydroxylation is 7. The first-order chi connectivity index (χ1) is 59.6. The lowest BCUT2D eigenvalue weighted by Crippen LogP contribution is -2.09. The van der Waals surface area contributed by atoms with Crippen LogP contribution in [0.25, 0.3) is 65.9 Å². The minimum atomic E-state index is 0.248. The molecule has 4 atom stereocenters. The highest BCUT2D eigenvalue weighted by molar-refractivity contribution is 6.00. The number of hydrogen-bond donors (Lipinski definition) is 6. The number of rotatable bonds is 5. The van der Waals surface area contributed by atoms with Crippen LogP contribution in [-0.2, 0) is 25.7 Å². The fraction of sp³-hybridized carbons (Fsp3) is 0.310. The Bertz CT molecular complexity index is 5400. The summed E-state index contributed by atoms with van der Waals surface area (Å²) >= 11 is 0. The van der Waals surface area contributed by atoms with Gasteiger partial charge in [-0.25, -0.2) is 24.9 Å². The summed E-state index contributed by atoms with van der Waals surface area (Å²) in [6.07, 6.45) is 24.5. The van der Waals surface area contributed by atoms with E-state index in [1.54, 1.807) is 55.9 Å². The number of hydrogen-bond acceptors (Lipinski definition) is 15. The van der Waals surface area contributed by atoms with E-state index in [9.17, 15) is 0 Å². The van der Waals surface area contributed by atoms with Crippen molar-refractivity contribution in [3.8, 4) is 11.3 Å². The molecule has 0 spiro atoms. The van der Waals surface area contributed by atoms with Crippen molar-refractivity contribution >= 4 is 77.9 Å². The van der Waals surface area contributed by atoms with E-state index in [0.29, 0.717) is 41.4 Å². The van der Waals surface area contributed by atoms with Gasteiger partial charge in [0.05, 0.1) is 102 Å². The molecular weight excluding hydrogens is 1500 g/mol. The zero-order valence-electron chi connectivity index (χ0n) is 74.7.